The SMILES string of the molecule is NC(=S)S.NC(=S)SSC(N)=S. The molecule has 0 fully saturated rings. The average Bonchev–Trinajstić information content (AvgIpc) is 1.82. The molecule has 0 bridgehead atoms. The van der Waals surface area contributed by atoms with E-state index in [0.717, 1.165) is 0 Å². The molecule has 0 atom stereocenters. The standard InChI is InChI=1S/C2H4N2S4.CH3NS2/c3-1(5)7-8-2(4)6;2-1(3)4/h(H2,3,5)(H2,4,6);(H3,2,3,4). The van der Waals surface area contributed by atoms with Crippen molar-refractivity contribution < 1.29 is 0 Å². The van der Waals surface area contributed by atoms with E-state index in [1.54, 1.807) is 0 Å². The van der Waals surface area contributed by atoms with Crippen molar-refractivity contribution in [2.45, 2.75) is 0 Å². The highest BCUT2D eigenvalue weighted by atomic mass is 33.1. The van der Waals surface area contributed by atoms with Gasteiger partial charge in [-0.05, 0) is 21.6 Å². The Morgan fingerprint density at radius 2 is 1.08 bits per heavy atom. The van der Waals surface area contributed by atoms with Crippen LogP contribution in [0.25, 0.3) is 0 Å². The molecule has 0 rings (SSSR count). The molecule has 0 heterocycles. The van der Waals surface area contributed by atoms with Crippen LogP contribution < -0.4 is 17.2 Å². The number of hydrogen-bond acceptors (Lipinski definition) is 5. The van der Waals surface area contributed by atoms with Crippen molar-refractivity contribution in [3.8, 4) is 0 Å². The van der Waals surface area contributed by atoms with Crippen LogP contribution in [0.3, 0.4) is 0 Å². The van der Waals surface area contributed by atoms with Crippen LogP contribution in [0.2, 0.25) is 0 Å². The van der Waals surface area contributed by atoms with E-state index in [1.165, 1.54) is 21.6 Å². The average molecular weight is 278 g/mol. The Morgan fingerprint density at radius 1 is 0.917 bits per heavy atom. The quantitative estimate of drug-likeness (QED) is 0.297. The van der Waals surface area contributed by atoms with Gasteiger partial charge in [-0.25, -0.2) is 0 Å². The zero-order valence-corrected chi connectivity index (χ0v) is 10.7. The minimum absolute atomic E-state index is 0.194. The van der Waals surface area contributed by atoms with Gasteiger partial charge >= 0.3 is 0 Å². The van der Waals surface area contributed by atoms with Crippen LogP contribution in [-0.4, -0.2) is 13.0 Å². The van der Waals surface area contributed by atoms with Crippen molar-refractivity contribution >= 4 is 83.8 Å². The zero-order chi connectivity index (χ0) is 10.1. The minimum Gasteiger partial charge on any atom is -0.385 e. The van der Waals surface area contributed by atoms with Crippen LogP contribution in [0.4, 0.5) is 0 Å². The summed E-state index contributed by atoms with van der Waals surface area (Å²) in [6.07, 6.45) is 0. The van der Waals surface area contributed by atoms with Crippen LogP contribution in [0.15, 0.2) is 0 Å². The van der Waals surface area contributed by atoms with E-state index in [1.807, 2.05) is 0 Å². The molecule has 0 amide bonds. The summed E-state index contributed by atoms with van der Waals surface area (Å²) in [4.78, 5) is 0. The lowest BCUT2D eigenvalue weighted by molar-refractivity contribution is 1.90. The Labute approximate surface area is 100 Å². The van der Waals surface area contributed by atoms with E-state index in [2.05, 4.69) is 49.3 Å². The van der Waals surface area contributed by atoms with Crippen LogP contribution in [-0.2, 0) is 0 Å². The number of rotatable bonds is 0. The Hall–Kier alpha value is 0.720. The van der Waals surface area contributed by atoms with Gasteiger partial charge in [0, 0.05) is 0 Å². The highest BCUT2D eigenvalue weighted by Crippen LogP contribution is 2.20. The van der Waals surface area contributed by atoms with Crippen molar-refractivity contribution in [3.05, 3.63) is 0 Å². The highest BCUT2D eigenvalue weighted by Gasteiger charge is 1.91. The van der Waals surface area contributed by atoms with Crippen molar-refractivity contribution in [2.75, 3.05) is 0 Å². The maximum atomic E-state index is 5.10. The van der Waals surface area contributed by atoms with Gasteiger partial charge in [-0.2, -0.15) is 0 Å². The zero-order valence-electron chi connectivity index (χ0n) is 5.72. The molecule has 3 nitrogen and oxygen atoms in total. The van der Waals surface area contributed by atoms with Crippen molar-refractivity contribution in [3.63, 3.8) is 0 Å². The molecule has 0 spiro atoms. The van der Waals surface area contributed by atoms with Crippen molar-refractivity contribution in [2.24, 2.45) is 17.2 Å². The molecule has 12 heavy (non-hydrogen) atoms. The van der Waals surface area contributed by atoms with Crippen LogP contribution >= 0.6 is 70.9 Å². The molecule has 0 aromatic rings. The third kappa shape index (κ3) is 31.0. The van der Waals surface area contributed by atoms with Crippen molar-refractivity contribution in [1.82, 2.24) is 0 Å². The summed E-state index contributed by atoms with van der Waals surface area (Å²) in [5.41, 5.74) is 14.9. The van der Waals surface area contributed by atoms with E-state index >= 15 is 0 Å². The lowest BCUT2D eigenvalue weighted by atomic mass is 11.5. The molecular weight excluding hydrogens is 270 g/mol. The van der Waals surface area contributed by atoms with E-state index in [0.29, 0.717) is 8.64 Å². The van der Waals surface area contributed by atoms with Gasteiger partial charge in [0.15, 0.2) is 0 Å². The molecule has 0 aliphatic rings. The fourth-order valence-corrected chi connectivity index (χ4v) is 1.35. The molecule has 0 unspecified atom stereocenters. The Balaban J connectivity index is 0. The second-order valence-corrected chi connectivity index (χ2v) is 5.98. The first-order valence-corrected chi connectivity index (χ1v) is 6.10. The van der Waals surface area contributed by atoms with E-state index < -0.39 is 0 Å². The molecule has 0 aromatic heterocycles. The molecule has 0 aromatic carbocycles. The van der Waals surface area contributed by atoms with Crippen LogP contribution in [0.5, 0.6) is 0 Å². The number of hydrogen-bond donors (Lipinski definition) is 4. The predicted molar refractivity (Wildman–Crippen MR) is 74.5 cm³/mol. The summed E-state index contributed by atoms with van der Waals surface area (Å²) < 4.78 is 0.894. The van der Waals surface area contributed by atoms with Crippen molar-refractivity contribution in [1.29, 1.82) is 0 Å². The van der Waals surface area contributed by atoms with E-state index in [9.17, 15) is 0 Å². The van der Waals surface area contributed by atoms with Gasteiger partial charge in [-0.15, -0.1) is 12.6 Å². The third-order valence-corrected chi connectivity index (χ3v) is 3.08. The first kappa shape index (κ1) is 15.2. The summed E-state index contributed by atoms with van der Waals surface area (Å²) in [5.74, 6) is 0. The predicted octanol–water partition coefficient (Wildman–Crippen LogP) is 1.01. The highest BCUT2D eigenvalue weighted by molar-refractivity contribution is 8.89. The molecule has 0 radical (unpaired) electrons. The number of thiocarbonyl (C=S) groups is 3. The fourth-order valence-electron chi connectivity index (χ4n) is 0.0821. The summed E-state index contributed by atoms with van der Waals surface area (Å²) >= 11 is 16.7. The second-order valence-electron chi connectivity index (χ2n) is 1.14. The molecule has 70 valence electrons. The smallest absolute Gasteiger partial charge is 0.142 e. The summed E-state index contributed by atoms with van der Waals surface area (Å²) in [6.45, 7) is 0. The van der Waals surface area contributed by atoms with Gasteiger partial charge in [0.1, 0.15) is 13.0 Å². The normalized spacial score (nSPS) is 7.75. The second kappa shape index (κ2) is 9.81. The van der Waals surface area contributed by atoms with E-state index in [-0.39, 0.29) is 4.32 Å². The number of thiol groups is 1. The first-order valence-electron chi connectivity index (χ1n) is 2.28. The minimum atomic E-state index is 0.194. The summed E-state index contributed by atoms with van der Waals surface area (Å²) in [6, 6.07) is 0. The molecule has 9 heteroatoms. The number of nitrogens with two attached hydrogens (primary N) is 3. The van der Waals surface area contributed by atoms with Gasteiger partial charge in [0.25, 0.3) is 0 Å². The Kier molecular flexibility index (Phi) is 12.4. The largest absolute Gasteiger partial charge is 0.385 e. The molecule has 0 saturated carbocycles. The molecule has 0 aliphatic heterocycles. The monoisotopic (exact) mass is 277 g/mol. The lowest BCUT2D eigenvalue weighted by Gasteiger charge is -1.91. The summed E-state index contributed by atoms with van der Waals surface area (Å²) in [7, 11) is 2.40. The van der Waals surface area contributed by atoms with Crippen LogP contribution in [0.1, 0.15) is 0 Å². The summed E-state index contributed by atoms with van der Waals surface area (Å²) in [5, 5.41) is 0. The Bertz CT molecular complexity index is 161. The third-order valence-electron chi connectivity index (χ3n) is 0.206. The first-order chi connectivity index (χ1) is 5.36. The maximum absolute atomic E-state index is 5.10. The molecule has 0 saturated heterocycles. The van der Waals surface area contributed by atoms with E-state index in [4.69, 9.17) is 17.2 Å². The van der Waals surface area contributed by atoms with Gasteiger partial charge in [0.05, 0.1) is 0 Å². The van der Waals surface area contributed by atoms with Gasteiger partial charge < -0.3 is 17.2 Å². The van der Waals surface area contributed by atoms with Crippen LogP contribution in [0, 0.1) is 0 Å². The van der Waals surface area contributed by atoms with Gasteiger partial charge in [-0.1, -0.05) is 36.7 Å². The fraction of sp³-hybridized carbons (Fsp3) is 0. The lowest BCUT2D eigenvalue weighted by Crippen LogP contribution is -2.04. The topological polar surface area (TPSA) is 78.1 Å². The van der Waals surface area contributed by atoms with Gasteiger partial charge in [0.2, 0.25) is 0 Å². The molecule has 0 aliphatic carbocycles. The molecule has 6 N–H and O–H groups in total. The maximum Gasteiger partial charge on any atom is 0.142 e. The van der Waals surface area contributed by atoms with Gasteiger partial charge in [-0.3, -0.25) is 0 Å². The molecular formula is C3H7N3S6. The Morgan fingerprint density at radius 3 is 1.17 bits per heavy atom.